The molecule has 0 fully saturated rings. The molecule has 146 valence electrons. The summed E-state index contributed by atoms with van der Waals surface area (Å²) >= 11 is 0. The number of anilines is 1. The van der Waals surface area contributed by atoms with Crippen LogP contribution in [0.2, 0.25) is 0 Å². The SMILES string of the molecule is Nc1ccc(N=Nc2ccc3c(O)cc(S(=O)(=O)O)cc3c2S(=O)(=O)O)cc1. The highest BCUT2D eigenvalue weighted by Gasteiger charge is 2.23. The van der Waals surface area contributed by atoms with Gasteiger partial charge in [0.1, 0.15) is 16.3 Å². The van der Waals surface area contributed by atoms with Gasteiger partial charge in [-0.2, -0.15) is 21.9 Å². The van der Waals surface area contributed by atoms with E-state index in [9.17, 15) is 31.0 Å². The van der Waals surface area contributed by atoms with Crippen molar-refractivity contribution < 1.29 is 31.0 Å². The van der Waals surface area contributed by atoms with Crippen molar-refractivity contribution in [2.45, 2.75) is 9.79 Å². The number of rotatable bonds is 4. The third-order valence-corrected chi connectivity index (χ3v) is 5.52. The molecule has 0 saturated carbocycles. The van der Waals surface area contributed by atoms with Crippen molar-refractivity contribution in [3.8, 4) is 5.75 Å². The molecule has 10 nitrogen and oxygen atoms in total. The molecule has 0 unspecified atom stereocenters. The van der Waals surface area contributed by atoms with Gasteiger partial charge in [0.15, 0.2) is 0 Å². The maximum Gasteiger partial charge on any atom is 0.297 e. The Morgan fingerprint density at radius 3 is 2.00 bits per heavy atom. The van der Waals surface area contributed by atoms with Crippen molar-refractivity contribution in [2.75, 3.05) is 5.73 Å². The van der Waals surface area contributed by atoms with Crippen LogP contribution >= 0.6 is 0 Å². The van der Waals surface area contributed by atoms with E-state index in [1.165, 1.54) is 24.3 Å². The van der Waals surface area contributed by atoms with Crippen LogP contribution in [0.25, 0.3) is 10.8 Å². The van der Waals surface area contributed by atoms with Gasteiger partial charge in [0.25, 0.3) is 20.2 Å². The number of phenolic OH excluding ortho intramolecular Hbond substituents is 1. The van der Waals surface area contributed by atoms with Crippen LogP contribution in [0, 0.1) is 0 Å². The van der Waals surface area contributed by atoms with E-state index in [1.807, 2.05) is 0 Å². The second-order valence-electron chi connectivity index (χ2n) is 5.69. The molecule has 0 radical (unpaired) electrons. The number of aromatic hydroxyl groups is 1. The fourth-order valence-corrected chi connectivity index (χ4v) is 3.85. The molecule has 0 atom stereocenters. The Labute approximate surface area is 159 Å². The zero-order chi connectivity index (χ0) is 20.7. The minimum atomic E-state index is -4.91. The van der Waals surface area contributed by atoms with E-state index < -0.39 is 35.8 Å². The molecule has 28 heavy (non-hydrogen) atoms. The zero-order valence-corrected chi connectivity index (χ0v) is 15.5. The molecule has 0 aliphatic heterocycles. The van der Waals surface area contributed by atoms with Crippen LogP contribution in [0.3, 0.4) is 0 Å². The second-order valence-corrected chi connectivity index (χ2v) is 8.47. The van der Waals surface area contributed by atoms with E-state index in [0.717, 1.165) is 12.1 Å². The summed E-state index contributed by atoms with van der Waals surface area (Å²) < 4.78 is 65.5. The molecule has 3 aromatic rings. The third kappa shape index (κ3) is 3.94. The Hall–Kier alpha value is -3.06. The minimum absolute atomic E-state index is 0.0774. The number of nitrogen functional groups attached to an aromatic ring is 1. The third-order valence-electron chi connectivity index (χ3n) is 3.74. The van der Waals surface area contributed by atoms with Crippen LogP contribution in [-0.2, 0) is 20.2 Å². The second kappa shape index (κ2) is 6.83. The first-order valence-electron chi connectivity index (χ1n) is 7.49. The van der Waals surface area contributed by atoms with Gasteiger partial charge in [0.2, 0.25) is 0 Å². The predicted molar refractivity (Wildman–Crippen MR) is 100 cm³/mol. The average molecular weight is 423 g/mol. The maximum atomic E-state index is 11.9. The van der Waals surface area contributed by atoms with E-state index in [-0.39, 0.29) is 16.5 Å². The molecule has 0 amide bonds. The summed E-state index contributed by atoms with van der Waals surface area (Å²) in [5.74, 6) is -0.614. The van der Waals surface area contributed by atoms with Gasteiger partial charge in [-0.1, -0.05) is 0 Å². The van der Waals surface area contributed by atoms with Crippen LogP contribution in [0.5, 0.6) is 5.75 Å². The number of nitrogens with two attached hydrogens (primary N) is 1. The highest BCUT2D eigenvalue weighted by Crippen LogP contribution is 2.38. The lowest BCUT2D eigenvalue weighted by molar-refractivity contribution is 0.470. The van der Waals surface area contributed by atoms with Gasteiger partial charge in [-0.05, 0) is 42.5 Å². The van der Waals surface area contributed by atoms with Crippen LogP contribution < -0.4 is 5.73 Å². The van der Waals surface area contributed by atoms with Crippen molar-refractivity contribution in [1.29, 1.82) is 0 Å². The molecule has 0 saturated heterocycles. The molecule has 0 aromatic heterocycles. The first-order valence-corrected chi connectivity index (χ1v) is 10.4. The van der Waals surface area contributed by atoms with Crippen molar-refractivity contribution in [3.05, 3.63) is 48.5 Å². The first-order chi connectivity index (χ1) is 13.0. The lowest BCUT2D eigenvalue weighted by Crippen LogP contribution is -2.02. The predicted octanol–water partition coefficient (Wildman–Crippen LogP) is 3.04. The van der Waals surface area contributed by atoms with Crippen LogP contribution in [-0.4, -0.2) is 31.0 Å². The fraction of sp³-hybridized carbons (Fsp3) is 0. The van der Waals surface area contributed by atoms with Crippen molar-refractivity contribution in [1.82, 2.24) is 0 Å². The number of hydrogen-bond donors (Lipinski definition) is 4. The Bertz CT molecular complexity index is 1320. The molecule has 3 aromatic carbocycles. The molecule has 0 spiro atoms. The number of phenols is 1. The van der Waals surface area contributed by atoms with E-state index in [1.54, 1.807) is 12.1 Å². The van der Waals surface area contributed by atoms with E-state index in [2.05, 4.69) is 10.2 Å². The van der Waals surface area contributed by atoms with Crippen molar-refractivity contribution in [3.63, 3.8) is 0 Å². The number of azo groups is 1. The standard InChI is InChI=1S/C16H13N3O7S2/c17-9-1-3-10(4-2-9)18-19-14-6-5-12-13(16(14)28(24,25)26)7-11(8-15(12)20)27(21,22)23/h1-8,20H,17H2,(H,21,22,23)(H,24,25,26). The molecular weight excluding hydrogens is 410 g/mol. The summed E-state index contributed by atoms with van der Waals surface area (Å²) in [6, 6.07) is 10.1. The van der Waals surface area contributed by atoms with Gasteiger partial charge in [-0.15, -0.1) is 5.11 Å². The smallest absolute Gasteiger partial charge is 0.297 e. The van der Waals surface area contributed by atoms with Gasteiger partial charge in [0.05, 0.1) is 10.6 Å². The largest absolute Gasteiger partial charge is 0.507 e. The monoisotopic (exact) mass is 423 g/mol. The van der Waals surface area contributed by atoms with Crippen molar-refractivity contribution >= 4 is 48.1 Å². The molecular formula is C16H13N3O7S2. The molecule has 0 bridgehead atoms. The first kappa shape index (κ1) is 19.7. The fourth-order valence-electron chi connectivity index (χ4n) is 2.50. The van der Waals surface area contributed by atoms with Crippen LogP contribution in [0.4, 0.5) is 17.1 Å². The van der Waals surface area contributed by atoms with Gasteiger partial charge in [0, 0.05) is 22.5 Å². The summed E-state index contributed by atoms with van der Waals surface area (Å²) in [4.78, 5) is -1.53. The zero-order valence-electron chi connectivity index (χ0n) is 13.9. The Morgan fingerprint density at radius 1 is 0.786 bits per heavy atom. The molecule has 12 heteroatoms. The van der Waals surface area contributed by atoms with Gasteiger partial charge >= 0.3 is 0 Å². The number of hydrogen-bond acceptors (Lipinski definition) is 8. The molecule has 0 aliphatic rings. The average Bonchev–Trinajstić information content (AvgIpc) is 2.58. The molecule has 5 N–H and O–H groups in total. The van der Waals surface area contributed by atoms with E-state index >= 15 is 0 Å². The lowest BCUT2D eigenvalue weighted by atomic mass is 10.1. The normalized spacial score (nSPS) is 12.6. The van der Waals surface area contributed by atoms with Crippen LogP contribution in [0.1, 0.15) is 0 Å². The lowest BCUT2D eigenvalue weighted by Gasteiger charge is -2.10. The molecule has 0 heterocycles. The van der Waals surface area contributed by atoms with Crippen molar-refractivity contribution in [2.24, 2.45) is 10.2 Å². The summed E-state index contributed by atoms with van der Waals surface area (Å²) in [6.45, 7) is 0. The Balaban J connectivity index is 2.30. The van der Waals surface area contributed by atoms with Gasteiger partial charge in [-0.25, -0.2) is 0 Å². The maximum absolute atomic E-state index is 11.9. The quantitative estimate of drug-likeness (QED) is 0.281. The summed E-state index contributed by atoms with van der Waals surface area (Å²) in [5.41, 5.74) is 6.08. The summed E-state index contributed by atoms with van der Waals surface area (Å²) in [7, 11) is -9.67. The summed E-state index contributed by atoms with van der Waals surface area (Å²) in [5, 5.41) is 17.2. The Kier molecular flexibility index (Phi) is 4.81. The summed E-state index contributed by atoms with van der Waals surface area (Å²) in [6.07, 6.45) is 0. The number of benzene rings is 3. The Morgan fingerprint density at radius 2 is 1.43 bits per heavy atom. The number of fused-ring (bicyclic) bond motifs is 1. The van der Waals surface area contributed by atoms with Gasteiger partial charge in [-0.3, -0.25) is 9.11 Å². The highest BCUT2D eigenvalue weighted by molar-refractivity contribution is 7.86. The highest BCUT2D eigenvalue weighted by atomic mass is 32.2. The minimum Gasteiger partial charge on any atom is -0.507 e. The number of nitrogens with zero attached hydrogens (tertiary/aromatic N) is 2. The molecule has 0 aliphatic carbocycles. The van der Waals surface area contributed by atoms with Gasteiger partial charge < -0.3 is 10.8 Å². The van der Waals surface area contributed by atoms with E-state index in [0.29, 0.717) is 11.4 Å². The van der Waals surface area contributed by atoms with Crippen LogP contribution in [0.15, 0.2) is 68.6 Å². The topological polar surface area (TPSA) is 180 Å². The molecule has 3 rings (SSSR count). The van der Waals surface area contributed by atoms with E-state index in [4.69, 9.17) is 5.73 Å².